The van der Waals surface area contributed by atoms with Crippen LogP contribution in [0, 0.1) is 6.92 Å². The summed E-state index contributed by atoms with van der Waals surface area (Å²) in [6, 6.07) is 3.65. The first-order chi connectivity index (χ1) is 7.59. The normalized spacial score (nSPS) is 10.4. The Labute approximate surface area is 97.2 Å². The summed E-state index contributed by atoms with van der Waals surface area (Å²) in [4.78, 5) is 20.3. The fourth-order valence-electron chi connectivity index (χ4n) is 1.44. The van der Waals surface area contributed by atoms with Crippen LogP contribution >= 0.6 is 11.3 Å². The molecule has 2 heterocycles. The van der Waals surface area contributed by atoms with E-state index in [-0.39, 0.29) is 5.78 Å². The van der Waals surface area contributed by atoms with Gasteiger partial charge in [0.1, 0.15) is 10.8 Å². The van der Waals surface area contributed by atoms with Gasteiger partial charge in [0.25, 0.3) is 0 Å². The van der Waals surface area contributed by atoms with Gasteiger partial charge in [0.15, 0.2) is 5.78 Å². The zero-order valence-corrected chi connectivity index (χ0v) is 9.84. The molecule has 0 aliphatic rings. The molecule has 16 heavy (non-hydrogen) atoms. The van der Waals surface area contributed by atoms with Gasteiger partial charge < -0.3 is 5.73 Å². The predicted molar refractivity (Wildman–Crippen MR) is 64.5 cm³/mol. The lowest BCUT2D eigenvalue weighted by Gasteiger charge is -1.98. The minimum Gasteiger partial charge on any atom is -0.383 e. The van der Waals surface area contributed by atoms with Crippen molar-refractivity contribution in [1.82, 2.24) is 9.97 Å². The molecular weight excluding hydrogens is 222 g/mol. The number of rotatable bonds is 2. The first-order valence-corrected chi connectivity index (χ1v) is 5.60. The standard InChI is InChI=1S/C11H11N3OS/c1-6-9(7(2)15)16-11(14-6)8-4-3-5-13-10(8)12/h3-5H,1-2H3,(H2,12,13). The van der Waals surface area contributed by atoms with E-state index < -0.39 is 0 Å². The Bertz CT molecular complexity index is 548. The van der Waals surface area contributed by atoms with E-state index in [2.05, 4.69) is 9.97 Å². The molecule has 2 N–H and O–H groups in total. The lowest BCUT2D eigenvalue weighted by atomic mass is 10.2. The molecule has 0 fully saturated rings. The number of carbonyl (C=O) groups excluding carboxylic acids is 1. The average Bonchev–Trinajstić information content (AvgIpc) is 2.61. The van der Waals surface area contributed by atoms with Crippen molar-refractivity contribution in [2.45, 2.75) is 13.8 Å². The molecule has 2 rings (SSSR count). The van der Waals surface area contributed by atoms with Gasteiger partial charge in [0.2, 0.25) is 0 Å². The summed E-state index contributed by atoms with van der Waals surface area (Å²) in [5, 5.41) is 0.744. The van der Waals surface area contributed by atoms with Crippen LogP contribution in [0.1, 0.15) is 22.3 Å². The molecule has 0 aliphatic carbocycles. The van der Waals surface area contributed by atoms with Crippen LogP contribution in [-0.4, -0.2) is 15.8 Å². The third-order valence-electron chi connectivity index (χ3n) is 2.19. The Morgan fingerprint density at radius 3 is 2.81 bits per heavy atom. The van der Waals surface area contributed by atoms with Crippen LogP contribution < -0.4 is 5.73 Å². The SMILES string of the molecule is CC(=O)c1sc(-c2cccnc2N)nc1C. The number of nitrogens with two attached hydrogens (primary N) is 1. The summed E-state index contributed by atoms with van der Waals surface area (Å²) in [6.07, 6.45) is 1.63. The highest BCUT2D eigenvalue weighted by atomic mass is 32.1. The van der Waals surface area contributed by atoms with Gasteiger partial charge in [-0.2, -0.15) is 0 Å². The van der Waals surface area contributed by atoms with Crippen molar-refractivity contribution in [2.24, 2.45) is 0 Å². The van der Waals surface area contributed by atoms with Crippen molar-refractivity contribution >= 4 is 22.9 Å². The first-order valence-electron chi connectivity index (χ1n) is 4.79. The van der Waals surface area contributed by atoms with Crippen molar-refractivity contribution in [3.63, 3.8) is 0 Å². The summed E-state index contributed by atoms with van der Waals surface area (Å²) >= 11 is 1.35. The molecule has 82 valence electrons. The maximum absolute atomic E-state index is 11.3. The van der Waals surface area contributed by atoms with Crippen LogP contribution in [0.5, 0.6) is 0 Å². The minimum absolute atomic E-state index is 0.0312. The maximum atomic E-state index is 11.3. The van der Waals surface area contributed by atoms with Crippen molar-refractivity contribution in [3.05, 3.63) is 28.9 Å². The Morgan fingerprint density at radius 1 is 1.50 bits per heavy atom. The number of aryl methyl sites for hydroxylation is 1. The molecule has 0 radical (unpaired) electrons. The second-order valence-electron chi connectivity index (χ2n) is 3.43. The van der Waals surface area contributed by atoms with Crippen molar-refractivity contribution in [3.8, 4) is 10.6 Å². The van der Waals surface area contributed by atoms with E-state index in [1.807, 2.05) is 13.0 Å². The number of hydrogen-bond donors (Lipinski definition) is 1. The zero-order chi connectivity index (χ0) is 11.7. The molecule has 0 saturated heterocycles. The number of ketones is 1. The van der Waals surface area contributed by atoms with Crippen LogP contribution in [0.25, 0.3) is 10.6 Å². The van der Waals surface area contributed by atoms with E-state index in [9.17, 15) is 4.79 Å². The molecular formula is C11H11N3OS. The molecule has 0 bridgehead atoms. The Balaban J connectivity index is 2.54. The summed E-state index contributed by atoms with van der Waals surface area (Å²) in [7, 11) is 0. The van der Waals surface area contributed by atoms with Gasteiger partial charge in [-0.25, -0.2) is 9.97 Å². The lowest BCUT2D eigenvalue weighted by Crippen LogP contribution is -1.92. The van der Waals surface area contributed by atoms with Crippen LogP contribution in [0.15, 0.2) is 18.3 Å². The summed E-state index contributed by atoms with van der Waals surface area (Å²) in [5.41, 5.74) is 7.29. The Morgan fingerprint density at radius 2 is 2.25 bits per heavy atom. The van der Waals surface area contributed by atoms with Gasteiger partial charge >= 0.3 is 0 Å². The highest BCUT2D eigenvalue weighted by Crippen LogP contribution is 2.30. The number of carbonyl (C=O) groups is 1. The molecule has 0 atom stereocenters. The molecule has 2 aromatic rings. The minimum atomic E-state index is 0.0312. The van der Waals surface area contributed by atoms with Crippen LogP contribution in [-0.2, 0) is 0 Å². The van der Waals surface area contributed by atoms with Gasteiger partial charge in [-0.1, -0.05) is 0 Å². The van der Waals surface area contributed by atoms with Gasteiger partial charge in [0.05, 0.1) is 16.1 Å². The zero-order valence-electron chi connectivity index (χ0n) is 9.02. The molecule has 0 saturated carbocycles. The van der Waals surface area contributed by atoms with Crippen molar-refractivity contribution in [1.29, 1.82) is 0 Å². The largest absolute Gasteiger partial charge is 0.383 e. The Kier molecular flexibility index (Phi) is 2.70. The summed E-state index contributed by atoms with van der Waals surface area (Å²) in [6.45, 7) is 3.36. The van der Waals surface area contributed by atoms with E-state index in [0.717, 1.165) is 16.3 Å². The predicted octanol–water partition coefficient (Wildman–Crippen LogP) is 2.30. The highest BCUT2D eigenvalue weighted by molar-refractivity contribution is 7.17. The molecule has 0 unspecified atom stereocenters. The van der Waals surface area contributed by atoms with Crippen LogP contribution in [0.4, 0.5) is 5.82 Å². The highest BCUT2D eigenvalue weighted by Gasteiger charge is 2.14. The van der Waals surface area contributed by atoms with E-state index in [0.29, 0.717) is 10.7 Å². The van der Waals surface area contributed by atoms with E-state index in [4.69, 9.17) is 5.73 Å². The quantitative estimate of drug-likeness (QED) is 0.808. The van der Waals surface area contributed by atoms with Gasteiger partial charge in [-0.05, 0) is 19.1 Å². The number of aromatic nitrogens is 2. The van der Waals surface area contributed by atoms with Crippen molar-refractivity contribution in [2.75, 3.05) is 5.73 Å². The third kappa shape index (κ3) is 1.81. The molecule has 4 nitrogen and oxygen atoms in total. The van der Waals surface area contributed by atoms with Crippen LogP contribution in [0.3, 0.4) is 0 Å². The molecule has 0 spiro atoms. The number of thiazole rings is 1. The van der Waals surface area contributed by atoms with Gasteiger partial charge in [-0.3, -0.25) is 4.79 Å². The number of nitrogen functional groups attached to an aromatic ring is 1. The summed E-state index contributed by atoms with van der Waals surface area (Å²) < 4.78 is 0. The second-order valence-corrected chi connectivity index (χ2v) is 4.43. The molecule has 0 amide bonds. The lowest BCUT2D eigenvalue weighted by molar-refractivity contribution is 0.102. The number of nitrogens with zero attached hydrogens (tertiary/aromatic N) is 2. The Hall–Kier alpha value is -1.75. The van der Waals surface area contributed by atoms with E-state index in [1.165, 1.54) is 18.3 Å². The van der Waals surface area contributed by atoms with Gasteiger partial charge in [0, 0.05) is 13.1 Å². The number of pyridine rings is 1. The maximum Gasteiger partial charge on any atom is 0.171 e. The smallest absolute Gasteiger partial charge is 0.171 e. The van der Waals surface area contributed by atoms with E-state index in [1.54, 1.807) is 12.3 Å². The fraction of sp³-hybridized carbons (Fsp3) is 0.182. The van der Waals surface area contributed by atoms with Gasteiger partial charge in [-0.15, -0.1) is 11.3 Å². The van der Waals surface area contributed by atoms with Crippen molar-refractivity contribution < 1.29 is 4.79 Å². The van der Waals surface area contributed by atoms with E-state index >= 15 is 0 Å². The molecule has 0 aromatic carbocycles. The molecule has 0 aliphatic heterocycles. The summed E-state index contributed by atoms with van der Waals surface area (Å²) in [5.74, 6) is 0.468. The number of anilines is 1. The molecule has 2 aromatic heterocycles. The third-order valence-corrected chi connectivity index (χ3v) is 3.48. The number of hydrogen-bond acceptors (Lipinski definition) is 5. The average molecular weight is 233 g/mol. The fourth-order valence-corrected chi connectivity index (χ4v) is 2.43. The second kappa shape index (κ2) is 4.02. The van der Waals surface area contributed by atoms with Crippen LogP contribution in [0.2, 0.25) is 0 Å². The number of Topliss-reactive ketones (excluding diaryl/α,β-unsaturated/α-hetero) is 1. The first kappa shape index (κ1) is 10.8. The topological polar surface area (TPSA) is 68.9 Å². The monoisotopic (exact) mass is 233 g/mol. The molecule has 5 heteroatoms.